The molecule has 0 unspecified atom stereocenters. The number of carbonyl (C=O) groups is 5. The van der Waals surface area contributed by atoms with Crippen LogP contribution in [-0.2, 0) is 53.4 Å². The molecule has 4 amide bonds. The van der Waals surface area contributed by atoms with Gasteiger partial charge >= 0.3 is 6.09 Å². The second-order valence-electron chi connectivity index (χ2n) is 16.3. The lowest BCUT2D eigenvalue weighted by atomic mass is 9.85. The first-order valence-electron chi connectivity index (χ1n) is 18.5. The van der Waals surface area contributed by atoms with Crippen LogP contribution >= 0.6 is 0 Å². The first kappa shape index (κ1) is 37.0. The van der Waals surface area contributed by atoms with Crippen LogP contribution in [0.4, 0.5) is 4.79 Å². The summed E-state index contributed by atoms with van der Waals surface area (Å²) < 4.78 is 33.6. The van der Waals surface area contributed by atoms with E-state index in [4.69, 9.17) is 4.74 Å². The van der Waals surface area contributed by atoms with Crippen LogP contribution in [0.1, 0.15) is 108 Å². The molecule has 5 aliphatic rings. The number of ketones is 1. The van der Waals surface area contributed by atoms with E-state index in [1.807, 2.05) is 32.9 Å². The number of hydrogen-bond donors (Lipinski definition) is 2. The fourth-order valence-electron chi connectivity index (χ4n) is 7.99. The molecule has 1 saturated heterocycles. The van der Waals surface area contributed by atoms with Crippen molar-refractivity contribution in [2.75, 3.05) is 6.54 Å². The summed E-state index contributed by atoms with van der Waals surface area (Å²) >= 11 is 0. The zero-order chi connectivity index (χ0) is 36.7. The Morgan fingerprint density at radius 1 is 1.04 bits per heavy atom. The average Bonchev–Trinajstić information content (AvgIpc) is 3.96. The van der Waals surface area contributed by atoms with Crippen LogP contribution in [0.3, 0.4) is 0 Å². The number of carbonyl (C=O) groups excluding carboxylic acids is 5. The van der Waals surface area contributed by atoms with Gasteiger partial charge in [0.05, 0.1) is 23.3 Å². The maximum atomic E-state index is 14.4. The third kappa shape index (κ3) is 8.03. The van der Waals surface area contributed by atoms with Crippen LogP contribution < -0.4 is 10.0 Å². The van der Waals surface area contributed by atoms with Crippen LogP contribution in [0.5, 0.6) is 0 Å². The molecule has 2 aliphatic carbocycles. The third-order valence-corrected chi connectivity index (χ3v) is 13.2. The molecule has 5 atom stereocenters. The van der Waals surface area contributed by atoms with E-state index in [0.29, 0.717) is 32.4 Å². The number of allylic oxidation sites excluding steroid dienone is 1. The fourth-order valence-corrected chi connectivity index (χ4v) is 9.38. The quantitative estimate of drug-likeness (QED) is 0.394. The molecule has 0 radical (unpaired) electrons. The van der Waals surface area contributed by atoms with Gasteiger partial charge in [0.15, 0.2) is 5.78 Å². The Balaban J connectivity index is 1.26. The predicted octanol–water partition coefficient (Wildman–Crippen LogP) is 4.30. The molecular formula is C38H52N4O8S. The Kier molecular flexibility index (Phi) is 10.4. The summed E-state index contributed by atoms with van der Waals surface area (Å²) in [6, 6.07) is 4.14. The lowest BCUT2D eigenvalue weighted by Crippen LogP contribution is -2.57. The van der Waals surface area contributed by atoms with E-state index in [0.717, 1.165) is 43.2 Å². The number of Topliss-reactive ketones (excluding diaryl/α,β-unsaturated/α-hetero) is 1. The van der Waals surface area contributed by atoms with Gasteiger partial charge in [0.1, 0.15) is 12.1 Å². The number of nitrogens with zero attached hydrogens (tertiary/aromatic N) is 2. The minimum absolute atomic E-state index is 0.0178. The second-order valence-corrected chi connectivity index (χ2v) is 18.3. The van der Waals surface area contributed by atoms with E-state index in [-0.39, 0.29) is 38.1 Å². The molecule has 3 heterocycles. The van der Waals surface area contributed by atoms with Gasteiger partial charge in [0.2, 0.25) is 27.7 Å². The van der Waals surface area contributed by atoms with Crippen molar-refractivity contribution in [3.63, 3.8) is 0 Å². The van der Waals surface area contributed by atoms with E-state index in [1.165, 1.54) is 10.5 Å². The molecule has 3 aliphatic heterocycles. The number of rotatable bonds is 7. The molecule has 3 fully saturated rings. The molecule has 278 valence electrons. The number of hydrogen-bond acceptors (Lipinski definition) is 8. The van der Waals surface area contributed by atoms with E-state index in [2.05, 4.69) is 22.7 Å². The highest BCUT2D eigenvalue weighted by Crippen LogP contribution is 2.57. The van der Waals surface area contributed by atoms with Crippen molar-refractivity contribution in [2.24, 2.45) is 16.7 Å². The molecule has 4 bridgehead atoms. The summed E-state index contributed by atoms with van der Waals surface area (Å²) in [6.07, 6.45) is 6.93. The van der Waals surface area contributed by atoms with Crippen LogP contribution in [0.25, 0.3) is 0 Å². The minimum Gasteiger partial charge on any atom is -0.444 e. The highest BCUT2D eigenvalue weighted by Gasteiger charge is 2.61. The second kappa shape index (κ2) is 14.4. The first-order chi connectivity index (χ1) is 24.1. The highest BCUT2D eigenvalue weighted by atomic mass is 32.2. The smallest absolute Gasteiger partial charge is 0.410 e. The van der Waals surface area contributed by atoms with Gasteiger partial charge in [-0.3, -0.25) is 28.8 Å². The molecule has 1 aromatic rings. The predicted molar refractivity (Wildman–Crippen MR) is 189 cm³/mol. The van der Waals surface area contributed by atoms with E-state index < -0.39 is 73.9 Å². The van der Waals surface area contributed by atoms with Crippen molar-refractivity contribution in [3.8, 4) is 0 Å². The zero-order valence-corrected chi connectivity index (χ0v) is 30.9. The molecule has 0 spiro atoms. The Morgan fingerprint density at radius 2 is 1.73 bits per heavy atom. The summed E-state index contributed by atoms with van der Waals surface area (Å²) in [6.45, 7) is 10.1. The van der Waals surface area contributed by atoms with Gasteiger partial charge in [-0.2, -0.15) is 0 Å². The van der Waals surface area contributed by atoms with Crippen molar-refractivity contribution in [3.05, 3.63) is 47.5 Å². The van der Waals surface area contributed by atoms with Gasteiger partial charge in [-0.1, -0.05) is 64.3 Å². The van der Waals surface area contributed by atoms with Gasteiger partial charge < -0.3 is 15.0 Å². The summed E-state index contributed by atoms with van der Waals surface area (Å²) in [5.74, 6) is -2.28. The Bertz CT molecular complexity index is 1700. The van der Waals surface area contributed by atoms with Gasteiger partial charge in [-0.15, -0.1) is 6.58 Å². The number of ether oxygens (including phenoxy) is 1. The molecule has 12 nitrogen and oxygen atoms in total. The van der Waals surface area contributed by atoms with Crippen molar-refractivity contribution < 1.29 is 37.1 Å². The van der Waals surface area contributed by atoms with Gasteiger partial charge in [-0.05, 0) is 66.5 Å². The topological polar surface area (TPSA) is 159 Å². The number of fused-ring (bicyclic) bond motifs is 3. The van der Waals surface area contributed by atoms with Crippen LogP contribution in [0.15, 0.2) is 30.9 Å². The Hall–Kier alpha value is -3.74. The van der Waals surface area contributed by atoms with Gasteiger partial charge in [-0.25, -0.2) is 13.2 Å². The SMILES string of the molecule is C=C[C@@H]1C[C@]1(CC(=O)[C@@H]1C[C@@H]2CN1C(=O)[C@H](C(C)(C)C)NC(=O)CCCCCCCc1cccc3c1CN(C3)C(=O)O2)C(=O)NS(=O)(=O)C1CC1. The van der Waals surface area contributed by atoms with Crippen LogP contribution in [0.2, 0.25) is 0 Å². The van der Waals surface area contributed by atoms with Crippen LogP contribution in [-0.4, -0.2) is 77.8 Å². The van der Waals surface area contributed by atoms with E-state index in [1.54, 1.807) is 11.0 Å². The largest absolute Gasteiger partial charge is 0.444 e. The monoisotopic (exact) mass is 724 g/mol. The number of nitrogens with one attached hydrogen (secondary N) is 2. The van der Waals surface area contributed by atoms with E-state index in [9.17, 15) is 32.4 Å². The summed E-state index contributed by atoms with van der Waals surface area (Å²) in [5.41, 5.74) is 1.42. The third-order valence-electron chi connectivity index (χ3n) is 11.4. The minimum atomic E-state index is -3.85. The summed E-state index contributed by atoms with van der Waals surface area (Å²) in [4.78, 5) is 72.0. The summed E-state index contributed by atoms with van der Waals surface area (Å²) in [7, 11) is -3.85. The highest BCUT2D eigenvalue weighted by molar-refractivity contribution is 7.90. The van der Waals surface area contributed by atoms with Crippen molar-refractivity contribution in [1.29, 1.82) is 0 Å². The van der Waals surface area contributed by atoms with E-state index >= 15 is 0 Å². The number of aryl methyl sites for hydroxylation is 1. The maximum absolute atomic E-state index is 14.4. The molecule has 2 N–H and O–H groups in total. The Morgan fingerprint density at radius 3 is 2.39 bits per heavy atom. The molecule has 0 aromatic heterocycles. The molecule has 6 rings (SSSR count). The molecular weight excluding hydrogens is 673 g/mol. The van der Waals surface area contributed by atoms with Gasteiger partial charge in [0, 0.05) is 32.4 Å². The molecule has 13 heteroatoms. The molecule has 51 heavy (non-hydrogen) atoms. The standard InChI is InChI=1S/C38H52N4O8S/c1-5-26-19-38(26,35(46)40-51(48,49)28-16-17-28)20-31(43)30-18-27-22-42(30)34(45)33(37(2,3)4)39-32(44)15-10-8-6-7-9-12-24-13-11-14-25-21-41(23-29(24)25)36(47)50-27/h5,11,13-14,26-28,30,33H,1,6-10,12,15-23H2,2-4H3,(H,39,44)(H,40,46)/t26-,27-,30+,33-,38-/m1/s1. The normalized spacial score (nSPS) is 29.2. The van der Waals surface area contributed by atoms with Crippen molar-refractivity contribution in [1.82, 2.24) is 19.8 Å². The Labute approximate surface area is 301 Å². The fraction of sp³-hybridized carbons (Fsp3) is 0.658. The van der Waals surface area contributed by atoms with Gasteiger partial charge in [0.25, 0.3) is 0 Å². The number of amides is 4. The summed E-state index contributed by atoms with van der Waals surface area (Å²) in [5, 5.41) is 2.33. The zero-order valence-electron chi connectivity index (χ0n) is 30.1. The molecule has 2 saturated carbocycles. The first-order valence-corrected chi connectivity index (χ1v) is 20.0. The van der Waals surface area contributed by atoms with Crippen LogP contribution in [0, 0.1) is 16.7 Å². The lowest BCUT2D eigenvalue weighted by Gasteiger charge is -2.35. The maximum Gasteiger partial charge on any atom is 0.410 e. The molecule has 1 aromatic carbocycles. The number of sulfonamides is 1. The number of benzene rings is 1. The van der Waals surface area contributed by atoms with Crippen molar-refractivity contribution in [2.45, 2.75) is 134 Å². The lowest BCUT2D eigenvalue weighted by molar-refractivity contribution is -0.144. The average molecular weight is 725 g/mol. The van der Waals surface area contributed by atoms with Crippen molar-refractivity contribution >= 4 is 39.6 Å².